The summed E-state index contributed by atoms with van der Waals surface area (Å²) in [6.45, 7) is 0.809. The van der Waals surface area contributed by atoms with Crippen LogP contribution in [0.25, 0.3) is 0 Å². The number of sulfonamides is 1. The van der Waals surface area contributed by atoms with E-state index in [1.54, 1.807) is 19.2 Å². The third-order valence-electron chi connectivity index (χ3n) is 3.51. The third kappa shape index (κ3) is 5.28. The van der Waals surface area contributed by atoms with Gasteiger partial charge in [-0.05, 0) is 30.8 Å². The lowest BCUT2D eigenvalue weighted by Crippen LogP contribution is -2.23. The van der Waals surface area contributed by atoms with E-state index < -0.39 is 10.0 Å². The fourth-order valence-electron chi connectivity index (χ4n) is 2.17. The first-order valence-electron chi connectivity index (χ1n) is 7.62. The molecule has 0 aliphatic rings. The van der Waals surface area contributed by atoms with Crippen LogP contribution in [0.15, 0.2) is 58.4 Å². The van der Waals surface area contributed by atoms with Gasteiger partial charge in [0.1, 0.15) is 0 Å². The van der Waals surface area contributed by atoms with Crippen molar-refractivity contribution in [2.75, 3.05) is 19.5 Å². The summed E-state index contributed by atoms with van der Waals surface area (Å²) >= 11 is 0. The Hall–Kier alpha value is -2.42. The van der Waals surface area contributed by atoms with Crippen molar-refractivity contribution >= 4 is 21.7 Å². The van der Waals surface area contributed by atoms with Crippen LogP contribution >= 0.6 is 0 Å². The van der Waals surface area contributed by atoms with Crippen molar-refractivity contribution in [1.29, 1.82) is 0 Å². The Kier molecular flexibility index (Phi) is 6.51. The molecule has 0 heterocycles. The molecule has 25 heavy (non-hydrogen) atoms. The van der Waals surface area contributed by atoms with Gasteiger partial charge in [-0.15, -0.1) is 0 Å². The molecule has 4 N–H and O–H groups in total. The number of para-hydroxylation sites is 1. The van der Waals surface area contributed by atoms with Gasteiger partial charge in [-0.2, -0.15) is 0 Å². The lowest BCUT2D eigenvalue weighted by atomic mass is 10.2. The number of anilines is 1. The molecule has 0 radical (unpaired) electrons. The predicted octanol–water partition coefficient (Wildman–Crippen LogP) is 1.67. The lowest BCUT2D eigenvalue weighted by Gasteiger charge is -2.11. The van der Waals surface area contributed by atoms with E-state index in [-0.39, 0.29) is 10.9 Å². The van der Waals surface area contributed by atoms with E-state index in [0.717, 1.165) is 16.8 Å². The third-order valence-corrected chi connectivity index (χ3v) is 4.94. The van der Waals surface area contributed by atoms with Crippen molar-refractivity contribution in [3.63, 3.8) is 0 Å². The van der Waals surface area contributed by atoms with Crippen molar-refractivity contribution in [2.45, 2.75) is 18.0 Å². The summed E-state index contributed by atoms with van der Waals surface area (Å²) < 4.78 is 30.8. The van der Waals surface area contributed by atoms with Gasteiger partial charge in [-0.1, -0.05) is 30.3 Å². The maximum atomic E-state index is 11.7. The Balaban J connectivity index is 2.04. The summed E-state index contributed by atoms with van der Waals surface area (Å²) in [7, 11) is -0.424. The van der Waals surface area contributed by atoms with E-state index >= 15 is 0 Å². The number of ether oxygens (including phenoxy) is 1. The fraction of sp³-hybridized carbons (Fsp3) is 0.235. The van der Waals surface area contributed by atoms with Crippen LogP contribution in [-0.4, -0.2) is 28.5 Å². The van der Waals surface area contributed by atoms with Crippen molar-refractivity contribution in [2.24, 2.45) is 10.7 Å². The number of nitrogens with two attached hydrogens (primary N) is 1. The highest BCUT2D eigenvalue weighted by Crippen LogP contribution is 2.16. The zero-order chi connectivity index (χ0) is 18.3. The molecule has 0 aromatic heterocycles. The standard InChI is InChI=1S/C17H22N4O3S/c1-19-25(22,23)15-9-7-13(8-10-15)11-20-17(18)21-16-6-4-3-5-14(16)12-24-2/h3-10,19H,11-12H2,1-2H3,(H3,18,20,21). The average Bonchev–Trinajstić information content (AvgIpc) is 2.62. The zero-order valence-electron chi connectivity index (χ0n) is 14.2. The number of nitrogens with zero attached hydrogens (tertiary/aromatic N) is 1. The molecule has 0 fully saturated rings. The van der Waals surface area contributed by atoms with Crippen LogP contribution in [-0.2, 0) is 27.9 Å². The molecule has 0 saturated heterocycles. The van der Waals surface area contributed by atoms with Crippen molar-refractivity contribution in [1.82, 2.24) is 4.72 Å². The Bertz CT molecular complexity index is 833. The van der Waals surface area contributed by atoms with Gasteiger partial charge in [-0.3, -0.25) is 0 Å². The molecule has 0 spiro atoms. The first-order valence-corrected chi connectivity index (χ1v) is 9.11. The number of rotatable bonds is 7. The molecular formula is C17H22N4O3S. The number of hydrogen-bond acceptors (Lipinski definition) is 4. The number of hydrogen-bond donors (Lipinski definition) is 3. The molecule has 0 atom stereocenters. The van der Waals surface area contributed by atoms with Gasteiger partial charge in [0.05, 0.1) is 18.0 Å². The second-order valence-corrected chi connectivity index (χ2v) is 7.15. The van der Waals surface area contributed by atoms with Gasteiger partial charge in [0.15, 0.2) is 5.96 Å². The summed E-state index contributed by atoms with van der Waals surface area (Å²) in [5, 5.41) is 3.05. The minimum Gasteiger partial charge on any atom is -0.380 e. The van der Waals surface area contributed by atoms with Crippen LogP contribution in [0.3, 0.4) is 0 Å². The number of benzene rings is 2. The van der Waals surface area contributed by atoms with E-state index in [2.05, 4.69) is 15.0 Å². The molecule has 8 heteroatoms. The maximum absolute atomic E-state index is 11.7. The quantitative estimate of drug-likeness (QED) is 0.513. The SMILES string of the molecule is CNS(=O)(=O)c1ccc(CN=C(N)Nc2ccccc2COC)cc1. The molecule has 2 aromatic rings. The first-order chi connectivity index (χ1) is 12.0. The summed E-state index contributed by atoms with van der Waals surface area (Å²) in [5.74, 6) is 0.274. The minimum atomic E-state index is -3.43. The summed E-state index contributed by atoms with van der Waals surface area (Å²) in [4.78, 5) is 4.49. The van der Waals surface area contributed by atoms with E-state index in [1.807, 2.05) is 24.3 Å². The predicted molar refractivity (Wildman–Crippen MR) is 98.8 cm³/mol. The summed E-state index contributed by atoms with van der Waals surface area (Å²) in [5.41, 5.74) is 8.59. The highest BCUT2D eigenvalue weighted by Gasteiger charge is 2.10. The van der Waals surface area contributed by atoms with Crippen LogP contribution in [0, 0.1) is 0 Å². The molecule has 0 aliphatic carbocycles. The van der Waals surface area contributed by atoms with Crippen LogP contribution in [0.2, 0.25) is 0 Å². The highest BCUT2D eigenvalue weighted by atomic mass is 32.2. The van der Waals surface area contributed by atoms with Crippen LogP contribution in [0.1, 0.15) is 11.1 Å². The number of aliphatic imine (C=N–C) groups is 1. The molecule has 0 aliphatic heterocycles. The summed E-state index contributed by atoms with van der Waals surface area (Å²) in [6.07, 6.45) is 0. The number of methoxy groups -OCH3 is 1. The molecule has 0 saturated carbocycles. The smallest absolute Gasteiger partial charge is 0.240 e. The molecule has 0 bridgehead atoms. The molecule has 2 rings (SSSR count). The maximum Gasteiger partial charge on any atom is 0.240 e. The molecular weight excluding hydrogens is 340 g/mol. The largest absolute Gasteiger partial charge is 0.380 e. The second kappa shape index (κ2) is 8.61. The van der Waals surface area contributed by atoms with E-state index in [0.29, 0.717) is 13.2 Å². The normalized spacial score (nSPS) is 12.2. The molecule has 2 aromatic carbocycles. The fourth-order valence-corrected chi connectivity index (χ4v) is 2.90. The van der Waals surface area contributed by atoms with Crippen LogP contribution < -0.4 is 15.8 Å². The topological polar surface area (TPSA) is 106 Å². The first kappa shape index (κ1) is 18.9. The Morgan fingerprint density at radius 2 is 1.84 bits per heavy atom. The van der Waals surface area contributed by atoms with Gasteiger partial charge in [0.25, 0.3) is 0 Å². The zero-order valence-corrected chi connectivity index (χ0v) is 15.0. The van der Waals surface area contributed by atoms with Crippen LogP contribution in [0.5, 0.6) is 0 Å². The molecule has 0 amide bonds. The molecule has 0 unspecified atom stereocenters. The minimum absolute atomic E-state index is 0.210. The van der Waals surface area contributed by atoms with Crippen molar-refractivity contribution in [3.8, 4) is 0 Å². The molecule has 134 valence electrons. The number of guanidine groups is 1. The monoisotopic (exact) mass is 362 g/mol. The highest BCUT2D eigenvalue weighted by molar-refractivity contribution is 7.89. The van der Waals surface area contributed by atoms with Crippen LogP contribution in [0.4, 0.5) is 5.69 Å². The average molecular weight is 362 g/mol. The summed E-state index contributed by atoms with van der Waals surface area (Å²) in [6, 6.07) is 14.2. The lowest BCUT2D eigenvalue weighted by molar-refractivity contribution is 0.185. The Morgan fingerprint density at radius 3 is 2.48 bits per heavy atom. The van der Waals surface area contributed by atoms with Gasteiger partial charge in [-0.25, -0.2) is 18.1 Å². The van der Waals surface area contributed by atoms with Crippen molar-refractivity contribution in [3.05, 3.63) is 59.7 Å². The Labute approximate surface area is 148 Å². The second-order valence-electron chi connectivity index (χ2n) is 5.27. The van der Waals surface area contributed by atoms with Gasteiger partial charge < -0.3 is 15.8 Å². The van der Waals surface area contributed by atoms with E-state index in [1.165, 1.54) is 19.2 Å². The van der Waals surface area contributed by atoms with Gasteiger partial charge >= 0.3 is 0 Å². The van der Waals surface area contributed by atoms with E-state index in [4.69, 9.17) is 10.5 Å². The Morgan fingerprint density at radius 1 is 1.16 bits per heavy atom. The molecule has 7 nitrogen and oxygen atoms in total. The number of nitrogens with one attached hydrogen (secondary N) is 2. The van der Waals surface area contributed by atoms with Gasteiger partial charge in [0, 0.05) is 18.4 Å². The van der Waals surface area contributed by atoms with Crippen molar-refractivity contribution < 1.29 is 13.2 Å². The van der Waals surface area contributed by atoms with E-state index in [9.17, 15) is 8.42 Å². The van der Waals surface area contributed by atoms with Gasteiger partial charge in [0.2, 0.25) is 10.0 Å².